The number of hydrogen-bond acceptors (Lipinski definition) is 5. The molecule has 1 N–H and O–H groups in total. The van der Waals surface area contributed by atoms with Gasteiger partial charge in [-0.3, -0.25) is 28.4 Å². The Kier molecular flexibility index (Phi) is 6.59. The van der Waals surface area contributed by atoms with Crippen molar-refractivity contribution in [3.8, 4) is 0 Å². The first-order chi connectivity index (χ1) is 15.1. The van der Waals surface area contributed by atoms with Crippen LogP contribution in [0.2, 0.25) is 0 Å². The van der Waals surface area contributed by atoms with Crippen molar-refractivity contribution in [1.29, 1.82) is 0 Å². The molecule has 1 amide bonds. The maximum Gasteiger partial charge on any atom is 0.317 e. The third-order valence-electron chi connectivity index (χ3n) is 5.48. The third kappa shape index (κ3) is 4.92. The quantitative estimate of drug-likeness (QED) is 0.566. The molecule has 2 aromatic carbocycles. The maximum absolute atomic E-state index is 12.9. The number of morpholine rings is 1. The van der Waals surface area contributed by atoms with Gasteiger partial charge in [0, 0.05) is 26.2 Å². The highest BCUT2D eigenvalue weighted by Crippen LogP contribution is 2.12. The van der Waals surface area contributed by atoms with E-state index in [0.29, 0.717) is 37.3 Å². The van der Waals surface area contributed by atoms with E-state index in [1.807, 2.05) is 36.4 Å². The first-order valence-corrected chi connectivity index (χ1v) is 10.5. The smallest absolute Gasteiger partial charge is 0.317 e. The molecule has 3 aromatic rings. The van der Waals surface area contributed by atoms with Crippen molar-refractivity contribution in [3.05, 3.63) is 80.9 Å². The summed E-state index contributed by atoms with van der Waals surface area (Å²) < 4.78 is 8.06. The molecule has 1 fully saturated rings. The van der Waals surface area contributed by atoms with Crippen LogP contribution in [0, 0.1) is 0 Å². The van der Waals surface area contributed by atoms with E-state index in [1.165, 1.54) is 9.13 Å². The summed E-state index contributed by atoms with van der Waals surface area (Å²) in [4.78, 5) is 40.5. The predicted octanol–water partition coefficient (Wildman–Crippen LogP) is 0.660. The molecule has 0 spiro atoms. The zero-order valence-corrected chi connectivity index (χ0v) is 17.3. The van der Waals surface area contributed by atoms with Crippen molar-refractivity contribution in [2.75, 3.05) is 39.4 Å². The highest BCUT2D eigenvalue weighted by atomic mass is 16.5. The van der Waals surface area contributed by atoms with Crippen LogP contribution in [0.1, 0.15) is 5.56 Å². The molecule has 0 unspecified atom stereocenters. The maximum atomic E-state index is 12.9. The van der Waals surface area contributed by atoms with E-state index in [1.54, 1.807) is 18.2 Å². The number of aromatic nitrogens is 2. The SMILES string of the molecule is O=C(Cn1c(=O)c(=O)n(Cc2ccccc2)c2ccccc21)NCCN1CCOCC1. The average molecular weight is 422 g/mol. The fourth-order valence-corrected chi connectivity index (χ4v) is 3.83. The summed E-state index contributed by atoms with van der Waals surface area (Å²) in [5.41, 5.74) is 0.776. The van der Waals surface area contributed by atoms with Gasteiger partial charge in [0.05, 0.1) is 30.8 Å². The lowest BCUT2D eigenvalue weighted by Crippen LogP contribution is -2.45. The fraction of sp³-hybridized carbons (Fsp3) is 0.348. The zero-order valence-electron chi connectivity index (χ0n) is 17.3. The Morgan fingerprint density at radius 3 is 2.19 bits per heavy atom. The second kappa shape index (κ2) is 9.72. The van der Waals surface area contributed by atoms with Crippen molar-refractivity contribution < 1.29 is 9.53 Å². The molecule has 0 bridgehead atoms. The number of rotatable bonds is 7. The van der Waals surface area contributed by atoms with Crippen LogP contribution in [0.5, 0.6) is 0 Å². The molecule has 0 radical (unpaired) electrons. The molecular weight excluding hydrogens is 396 g/mol. The van der Waals surface area contributed by atoms with Crippen molar-refractivity contribution >= 4 is 16.9 Å². The molecule has 0 atom stereocenters. The van der Waals surface area contributed by atoms with Crippen LogP contribution in [0.3, 0.4) is 0 Å². The van der Waals surface area contributed by atoms with Gasteiger partial charge in [-0.25, -0.2) is 0 Å². The van der Waals surface area contributed by atoms with E-state index >= 15 is 0 Å². The van der Waals surface area contributed by atoms with Crippen LogP contribution in [0.15, 0.2) is 64.2 Å². The molecule has 0 aliphatic carbocycles. The fourth-order valence-electron chi connectivity index (χ4n) is 3.83. The predicted molar refractivity (Wildman–Crippen MR) is 118 cm³/mol. The standard InChI is InChI=1S/C23H26N4O4/c28-21(24-10-11-25-12-14-31-15-13-25)17-27-20-9-5-4-8-19(20)26(22(29)23(27)30)16-18-6-2-1-3-7-18/h1-9H,10-17H2,(H,24,28). The van der Waals surface area contributed by atoms with Crippen molar-refractivity contribution in [1.82, 2.24) is 19.4 Å². The van der Waals surface area contributed by atoms with Gasteiger partial charge >= 0.3 is 11.1 Å². The topological polar surface area (TPSA) is 85.6 Å². The lowest BCUT2D eigenvalue weighted by molar-refractivity contribution is -0.121. The minimum Gasteiger partial charge on any atom is -0.379 e. The number of benzene rings is 2. The molecule has 1 aliphatic rings. The number of ether oxygens (including phenoxy) is 1. The number of nitrogens with zero attached hydrogens (tertiary/aromatic N) is 3. The lowest BCUT2D eigenvalue weighted by atomic mass is 10.2. The van der Waals surface area contributed by atoms with Crippen LogP contribution in [0.25, 0.3) is 11.0 Å². The van der Waals surface area contributed by atoms with Gasteiger partial charge < -0.3 is 10.1 Å². The van der Waals surface area contributed by atoms with Crippen LogP contribution in [-0.2, 0) is 22.6 Å². The Balaban J connectivity index is 1.55. The van der Waals surface area contributed by atoms with Crippen LogP contribution in [0.4, 0.5) is 0 Å². The highest BCUT2D eigenvalue weighted by molar-refractivity contribution is 5.80. The molecule has 2 heterocycles. The third-order valence-corrected chi connectivity index (χ3v) is 5.48. The summed E-state index contributed by atoms with van der Waals surface area (Å²) in [5.74, 6) is -0.291. The van der Waals surface area contributed by atoms with Crippen LogP contribution < -0.4 is 16.4 Å². The van der Waals surface area contributed by atoms with E-state index in [-0.39, 0.29) is 12.5 Å². The number of nitrogens with one attached hydrogen (secondary N) is 1. The minimum absolute atomic E-state index is 0.191. The number of carbonyl (C=O) groups excluding carboxylic acids is 1. The lowest BCUT2D eigenvalue weighted by Gasteiger charge is -2.26. The zero-order chi connectivity index (χ0) is 21.6. The summed E-state index contributed by atoms with van der Waals surface area (Å²) in [6.45, 7) is 4.41. The summed E-state index contributed by atoms with van der Waals surface area (Å²) >= 11 is 0. The normalized spacial score (nSPS) is 14.6. The number of hydrogen-bond donors (Lipinski definition) is 1. The number of para-hydroxylation sites is 2. The Hall–Kier alpha value is -3.23. The van der Waals surface area contributed by atoms with Crippen molar-refractivity contribution in [2.24, 2.45) is 0 Å². The van der Waals surface area contributed by atoms with E-state index in [0.717, 1.165) is 25.2 Å². The molecule has 4 rings (SSSR count). The first kappa shape index (κ1) is 21.0. The van der Waals surface area contributed by atoms with Gasteiger partial charge in [0.1, 0.15) is 6.54 Å². The second-order valence-corrected chi connectivity index (χ2v) is 7.56. The van der Waals surface area contributed by atoms with Gasteiger partial charge in [0.15, 0.2) is 0 Å². The summed E-state index contributed by atoms with van der Waals surface area (Å²) in [5, 5.41) is 2.85. The largest absolute Gasteiger partial charge is 0.379 e. The summed E-state index contributed by atoms with van der Waals surface area (Å²) in [6.07, 6.45) is 0. The van der Waals surface area contributed by atoms with Crippen LogP contribution >= 0.6 is 0 Å². The van der Waals surface area contributed by atoms with Gasteiger partial charge in [-0.15, -0.1) is 0 Å². The summed E-state index contributed by atoms with van der Waals surface area (Å²) in [6, 6.07) is 16.7. The van der Waals surface area contributed by atoms with Gasteiger partial charge in [-0.1, -0.05) is 42.5 Å². The van der Waals surface area contributed by atoms with Gasteiger partial charge in [-0.2, -0.15) is 0 Å². The molecular formula is C23H26N4O4. The Labute approximate surface area is 179 Å². The number of amides is 1. The molecule has 8 nitrogen and oxygen atoms in total. The number of fused-ring (bicyclic) bond motifs is 1. The second-order valence-electron chi connectivity index (χ2n) is 7.56. The molecule has 162 valence electrons. The Morgan fingerprint density at radius 2 is 1.48 bits per heavy atom. The monoisotopic (exact) mass is 422 g/mol. The van der Waals surface area contributed by atoms with Gasteiger partial charge in [-0.05, 0) is 17.7 Å². The van der Waals surface area contributed by atoms with E-state index in [4.69, 9.17) is 4.74 Å². The molecule has 1 saturated heterocycles. The minimum atomic E-state index is -0.696. The van der Waals surface area contributed by atoms with Gasteiger partial charge in [0.2, 0.25) is 5.91 Å². The van der Waals surface area contributed by atoms with E-state index in [9.17, 15) is 14.4 Å². The Bertz CT molecular complexity index is 1160. The van der Waals surface area contributed by atoms with E-state index in [2.05, 4.69) is 10.2 Å². The number of carbonyl (C=O) groups is 1. The molecule has 0 saturated carbocycles. The first-order valence-electron chi connectivity index (χ1n) is 10.5. The van der Waals surface area contributed by atoms with Crippen molar-refractivity contribution in [2.45, 2.75) is 13.1 Å². The molecule has 1 aromatic heterocycles. The highest BCUT2D eigenvalue weighted by Gasteiger charge is 2.16. The average Bonchev–Trinajstić information content (AvgIpc) is 2.81. The molecule has 1 aliphatic heterocycles. The van der Waals surface area contributed by atoms with Crippen LogP contribution in [-0.4, -0.2) is 59.3 Å². The van der Waals surface area contributed by atoms with Crippen molar-refractivity contribution in [3.63, 3.8) is 0 Å². The Morgan fingerprint density at radius 1 is 0.871 bits per heavy atom. The van der Waals surface area contributed by atoms with E-state index < -0.39 is 11.1 Å². The summed E-state index contributed by atoms with van der Waals surface area (Å²) in [7, 11) is 0. The molecule has 8 heteroatoms. The molecule has 31 heavy (non-hydrogen) atoms. The van der Waals surface area contributed by atoms with Gasteiger partial charge in [0.25, 0.3) is 0 Å².